The van der Waals surface area contributed by atoms with Crippen LogP contribution < -0.4 is 11.2 Å². The van der Waals surface area contributed by atoms with E-state index < -0.39 is 49.4 Å². The lowest BCUT2D eigenvalue weighted by Crippen LogP contribution is -2.37. The van der Waals surface area contributed by atoms with Gasteiger partial charge in [-0.25, -0.2) is 14.0 Å². The summed E-state index contributed by atoms with van der Waals surface area (Å²) in [7, 11) is -1.29. The largest absolute Gasteiger partial charge is 0.452 e. The molecule has 2 heterocycles. The zero-order valence-electron chi connectivity index (χ0n) is 16.5. The van der Waals surface area contributed by atoms with Crippen LogP contribution >= 0.6 is 7.60 Å². The number of nitrogens with one attached hydrogen (secondary N) is 1. The van der Waals surface area contributed by atoms with Crippen LogP contribution in [0.5, 0.6) is 0 Å². The summed E-state index contributed by atoms with van der Waals surface area (Å²) in [5, 5.41) is 0. The zero-order valence-corrected chi connectivity index (χ0v) is 17.4. The minimum atomic E-state index is -3.62. The van der Waals surface area contributed by atoms with Gasteiger partial charge in [-0.2, -0.15) is 0 Å². The van der Waals surface area contributed by atoms with E-state index in [2.05, 4.69) is 0 Å². The van der Waals surface area contributed by atoms with Crippen LogP contribution in [0.1, 0.15) is 16.6 Å². The molecule has 0 bridgehead atoms. The molecule has 1 aliphatic heterocycles. The molecule has 1 saturated heterocycles. The lowest BCUT2D eigenvalue weighted by atomic mass is 10.1. The van der Waals surface area contributed by atoms with Crippen LogP contribution in [0.2, 0.25) is 0 Å². The molecule has 1 N–H and O–H groups in total. The number of ether oxygens (including phenoxy) is 2. The van der Waals surface area contributed by atoms with Crippen molar-refractivity contribution in [1.29, 1.82) is 0 Å². The number of alkyl halides is 1. The molecule has 1 aromatic heterocycles. The first-order valence-electron chi connectivity index (χ1n) is 9.05. The normalized spacial score (nSPS) is 23.8. The van der Waals surface area contributed by atoms with Gasteiger partial charge in [0.05, 0.1) is 5.56 Å². The van der Waals surface area contributed by atoms with Crippen molar-refractivity contribution in [3.63, 3.8) is 0 Å². The molecule has 0 unspecified atom stereocenters. The number of nitrogens with zero attached hydrogens (tertiary/aromatic N) is 1. The van der Waals surface area contributed by atoms with Crippen LogP contribution in [-0.4, -0.2) is 48.1 Å². The summed E-state index contributed by atoms with van der Waals surface area (Å²) in [4.78, 5) is 37.9. The molecule has 1 aromatic carbocycles. The number of H-pyrrole nitrogens is 1. The zero-order chi connectivity index (χ0) is 22.6. The van der Waals surface area contributed by atoms with E-state index in [1.54, 1.807) is 18.2 Å². The minimum Gasteiger partial charge on any atom is -0.452 e. The quantitative estimate of drug-likeness (QED) is 0.497. The second-order valence-corrected chi connectivity index (χ2v) is 8.54. The van der Waals surface area contributed by atoms with Gasteiger partial charge in [0.15, 0.2) is 18.5 Å². The molecule has 4 atom stereocenters. The Balaban J connectivity index is 1.93. The molecule has 12 heteroatoms. The van der Waals surface area contributed by atoms with Gasteiger partial charge in [-0.05, 0) is 18.2 Å². The van der Waals surface area contributed by atoms with E-state index in [1.807, 2.05) is 4.98 Å². The fraction of sp³-hybridized carbons (Fsp3) is 0.316. The molecule has 10 nitrogen and oxygen atoms in total. The standard InChI is InChI=1S/C19H20FN2O8P/c1-27-31(26,28-2)11-9-13-16(30-18(24)12-6-4-3-5-7-12)15(20)17(29-13)22-10-8-14(23)21-19(22)25/h3-11,13,15-17H,1-2H3,(H,21,23,25)/t13-,15-,16-,17-/m1/s1. The maximum atomic E-state index is 15.3. The average Bonchev–Trinajstić information content (AvgIpc) is 3.08. The first kappa shape index (κ1) is 22.8. The Morgan fingerprint density at radius 3 is 2.48 bits per heavy atom. The van der Waals surface area contributed by atoms with Gasteiger partial charge in [0.1, 0.15) is 6.10 Å². The fourth-order valence-corrected chi connectivity index (χ4v) is 3.72. The lowest BCUT2D eigenvalue weighted by molar-refractivity contribution is -0.0103. The summed E-state index contributed by atoms with van der Waals surface area (Å²) in [5.41, 5.74) is -1.39. The number of carbonyl (C=O) groups is 1. The molecule has 31 heavy (non-hydrogen) atoms. The van der Waals surface area contributed by atoms with Crippen LogP contribution in [0, 0.1) is 0 Å². The number of rotatable bonds is 7. The van der Waals surface area contributed by atoms with Crippen molar-refractivity contribution in [2.45, 2.75) is 24.6 Å². The molecule has 3 rings (SSSR count). The molecule has 0 saturated carbocycles. The third-order valence-corrected chi connectivity index (χ3v) is 6.11. The fourth-order valence-electron chi connectivity index (χ4n) is 2.94. The molecular formula is C19H20FN2O8P. The molecule has 0 amide bonds. The number of hydrogen-bond donors (Lipinski definition) is 1. The van der Waals surface area contributed by atoms with Gasteiger partial charge in [0.25, 0.3) is 5.56 Å². The molecule has 0 aliphatic carbocycles. The Bertz CT molecular complexity index is 1110. The van der Waals surface area contributed by atoms with Crippen molar-refractivity contribution in [3.8, 4) is 0 Å². The number of aromatic nitrogens is 2. The van der Waals surface area contributed by atoms with Crippen molar-refractivity contribution in [1.82, 2.24) is 9.55 Å². The summed E-state index contributed by atoms with van der Waals surface area (Å²) in [6, 6.07) is 8.93. The van der Waals surface area contributed by atoms with Crippen molar-refractivity contribution in [3.05, 3.63) is 80.9 Å². The van der Waals surface area contributed by atoms with E-state index >= 15 is 4.39 Å². The monoisotopic (exact) mass is 454 g/mol. The van der Waals surface area contributed by atoms with E-state index in [9.17, 15) is 18.9 Å². The minimum absolute atomic E-state index is 0.182. The van der Waals surface area contributed by atoms with Crippen LogP contribution in [0.4, 0.5) is 4.39 Å². The highest BCUT2D eigenvalue weighted by molar-refractivity contribution is 7.57. The van der Waals surface area contributed by atoms with Gasteiger partial charge >= 0.3 is 19.3 Å². The third-order valence-electron chi connectivity index (χ3n) is 4.55. The van der Waals surface area contributed by atoms with Crippen molar-refractivity contribution < 1.29 is 32.3 Å². The van der Waals surface area contributed by atoms with Gasteiger partial charge in [-0.15, -0.1) is 0 Å². The van der Waals surface area contributed by atoms with Gasteiger partial charge < -0.3 is 18.5 Å². The van der Waals surface area contributed by atoms with Gasteiger partial charge in [-0.1, -0.05) is 18.2 Å². The molecule has 0 spiro atoms. The molecule has 0 radical (unpaired) electrons. The number of carbonyl (C=O) groups excluding carboxylic acids is 1. The predicted octanol–water partition coefficient (Wildman–Crippen LogP) is 2.00. The molecule has 1 fully saturated rings. The van der Waals surface area contributed by atoms with Gasteiger partial charge in [0.2, 0.25) is 0 Å². The van der Waals surface area contributed by atoms with Crippen molar-refractivity contribution in [2.75, 3.05) is 14.2 Å². The van der Waals surface area contributed by atoms with Crippen molar-refractivity contribution >= 4 is 13.6 Å². The Kier molecular flexibility index (Phi) is 7.01. The van der Waals surface area contributed by atoms with E-state index in [4.69, 9.17) is 18.5 Å². The highest BCUT2D eigenvalue weighted by atomic mass is 31.2. The summed E-state index contributed by atoms with van der Waals surface area (Å²) in [6.07, 6.45) is -3.98. The van der Waals surface area contributed by atoms with Crippen LogP contribution in [0.3, 0.4) is 0 Å². The summed E-state index contributed by atoms with van der Waals surface area (Å²) in [5.74, 6) is 0.234. The highest BCUT2D eigenvalue weighted by Gasteiger charge is 2.48. The summed E-state index contributed by atoms with van der Waals surface area (Å²) in [6.45, 7) is 0. The first-order chi connectivity index (χ1) is 14.8. The van der Waals surface area contributed by atoms with E-state index in [1.165, 1.54) is 18.2 Å². The maximum absolute atomic E-state index is 15.3. The topological polar surface area (TPSA) is 126 Å². The van der Waals surface area contributed by atoms with Crippen molar-refractivity contribution in [2.24, 2.45) is 0 Å². The van der Waals surface area contributed by atoms with Crippen LogP contribution in [0.25, 0.3) is 0 Å². The van der Waals surface area contributed by atoms with E-state index in [-0.39, 0.29) is 5.56 Å². The van der Waals surface area contributed by atoms with Crippen LogP contribution in [-0.2, 0) is 23.1 Å². The summed E-state index contributed by atoms with van der Waals surface area (Å²) < 4.78 is 48.9. The number of halogens is 1. The summed E-state index contributed by atoms with van der Waals surface area (Å²) >= 11 is 0. The number of hydrogen-bond acceptors (Lipinski definition) is 8. The average molecular weight is 454 g/mol. The van der Waals surface area contributed by atoms with Crippen LogP contribution in [0.15, 0.2) is 64.1 Å². The SMILES string of the molecule is COP(=O)(C=C[C@H]1O[C@@H](n2ccc(=O)[nH]c2=O)[C@H](F)[C@@H]1OC(=O)c1ccccc1)OC. The maximum Gasteiger partial charge on any atom is 0.353 e. The Morgan fingerprint density at radius 2 is 1.87 bits per heavy atom. The second-order valence-electron chi connectivity index (χ2n) is 6.44. The third kappa shape index (κ3) is 5.08. The second kappa shape index (κ2) is 9.52. The number of aromatic amines is 1. The highest BCUT2D eigenvalue weighted by Crippen LogP contribution is 2.48. The number of esters is 1. The lowest BCUT2D eigenvalue weighted by Gasteiger charge is -2.18. The Morgan fingerprint density at radius 1 is 1.19 bits per heavy atom. The Hall–Kier alpha value is -2.85. The predicted molar refractivity (Wildman–Crippen MR) is 107 cm³/mol. The van der Waals surface area contributed by atoms with Gasteiger partial charge in [-0.3, -0.25) is 18.9 Å². The van der Waals surface area contributed by atoms with Gasteiger partial charge in [0, 0.05) is 32.3 Å². The molecular weight excluding hydrogens is 434 g/mol. The van der Waals surface area contributed by atoms with E-state index in [0.717, 1.165) is 36.9 Å². The number of benzene rings is 1. The molecule has 1 aliphatic rings. The first-order valence-corrected chi connectivity index (χ1v) is 10.7. The molecule has 166 valence electrons. The Labute approximate surface area is 175 Å². The molecule has 2 aromatic rings. The van der Waals surface area contributed by atoms with E-state index in [0.29, 0.717) is 0 Å². The smallest absolute Gasteiger partial charge is 0.353 e.